The number of benzene rings is 2. The summed E-state index contributed by atoms with van der Waals surface area (Å²) in [5.74, 6) is -0.648. The molecule has 2 aromatic carbocycles. The molecule has 8 heteroatoms. The van der Waals surface area contributed by atoms with Gasteiger partial charge in [0.25, 0.3) is 5.91 Å². The maximum atomic E-state index is 13.2. The van der Waals surface area contributed by atoms with Gasteiger partial charge in [0.15, 0.2) is 0 Å². The van der Waals surface area contributed by atoms with Crippen LogP contribution in [0.5, 0.6) is 0 Å². The van der Waals surface area contributed by atoms with Gasteiger partial charge in [-0.25, -0.2) is 0 Å². The molecule has 5 nitrogen and oxygen atoms in total. The van der Waals surface area contributed by atoms with Gasteiger partial charge in [0.2, 0.25) is 5.91 Å². The molecule has 1 aliphatic heterocycles. The van der Waals surface area contributed by atoms with Crippen LogP contribution in [0.2, 0.25) is 0 Å². The molecule has 1 fully saturated rings. The first kappa shape index (κ1) is 21.7. The Morgan fingerprint density at radius 1 is 1.00 bits per heavy atom. The Morgan fingerprint density at radius 2 is 1.67 bits per heavy atom. The van der Waals surface area contributed by atoms with Crippen LogP contribution in [0, 0.1) is 0 Å². The molecule has 2 N–H and O–H groups in total. The van der Waals surface area contributed by atoms with Crippen molar-refractivity contribution < 1.29 is 22.8 Å². The Balaban J connectivity index is 1.82. The molecule has 0 saturated carbocycles. The van der Waals surface area contributed by atoms with Gasteiger partial charge in [-0.2, -0.15) is 13.2 Å². The number of carbonyl (C=O) groups is 2. The number of anilines is 2. The number of nitrogens with zero attached hydrogens (tertiary/aromatic N) is 1. The lowest BCUT2D eigenvalue weighted by atomic mass is 10.1. The molecule has 0 atom stereocenters. The normalized spacial score (nSPS) is 14.3. The number of amides is 2. The molecular weight excluding hydrogens is 395 g/mol. The topological polar surface area (TPSA) is 61.4 Å². The number of carbonyl (C=O) groups excluding carboxylic acids is 2. The summed E-state index contributed by atoms with van der Waals surface area (Å²) in [5, 5.41) is 5.32. The van der Waals surface area contributed by atoms with E-state index in [2.05, 4.69) is 10.6 Å². The van der Waals surface area contributed by atoms with Gasteiger partial charge in [0, 0.05) is 32.1 Å². The summed E-state index contributed by atoms with van der Waals surface area (Å²) in [4.78, 5) is 25.7. The molecule has 0 aromatic heterocycles. The molecule has 1 aliphatic rings. The van der Waals surface area contributed by atoms with Gasteiger partial charge < -0.3 is 15.5 Å². The van der Waals surface area contributed by atoms with Crippen molar-refractivity contribution in [1.29, 1.82) is 0 Å². The van der Waals surface area contributed by atoms with Gasteiger partial charge in [-0.1, -0.05) is 12.1 Å². The summed E-state index contributed by atoms with van der Waals surface area (Å²) in [7, 11) is 0. The molecule has 160 valence electrons. The minimum atomic E-state index is -4.49. The van der Waals surface area contributed by atoms with E-state index in [1.165, 1.54) is 13.0 Å². The Labute approximate surface area is 173 Å². The third-order valence-corrected chi connectivity index (χ3v) is 5.03. The Morgan fingerprint density at radius 3 is 2.27 bits per heavy atom. The van der Waals surface area contributed by atoms with Gasteiger partial charge in [-0.3, -0.25) is 9.59 Å². The van der Waals surface area contributed by atoms with Crippen LogP contribution in [0.1, 0.15) is 47.7 Å². The van der Waals surface area contributed by atoms with E-state index >= 15 is 0 Å². The summed E-state index contributed by atoms with van der Waals surface area (Å²) in [6.07, 6.45) is -1.48. The Bertz CT molecular complexity index is 905. The molecule has 30 heavy (non-hydrogen) atoms. The van der Waals surface area contributed by atoms with E-state index in [0.29, 0.717) is 17.8 Å². The molecule has 1 saturated heterocycles. The third-order valence-electron chi connectivity index (χ3n) is 5.03. The molecular formula is C22H24F3N3O2. The van der Waals surface area contributed by atoms with Gasteiger partial charge in [-0.15, -0.1) is 0 Å². The van der Waals surface area contributed by atoms with E-state index in [9.17, 15) is 22.8 Å². The second-order valence-corrected chi connectivity index (χ2v) is 7.34. The first-order chi connectivity index (χ1) is 14.2. The van der Waals surface area contributed by atoms with Crippen molar-refractivity contribution in [2.45, 2.75) is 38.9 Å². The summed E-state index contributed by atoms with van der Waals surface area (Å²) in [6.45, 7) is 3.24. The van der Waals surface area contributed by atoms with Crippen LogP contribution in [0.3, 0.4) is 0 Å². The number of alkyl halides is 3. The molecule has 0 unspecified atom stereocenters. The first-order valence-electron chi connectivity index (χ1n) is 9.85. The fourth-order valence-electron chi connectivity index (χ4n) is 3.42. The molecule has 2 aromatic rings. The number of halogens is 3. The zero-order valence-electron chi connectivity index (χ0n) is 16.7. The lowest BCUT2D eigenvalue weighted by Crippen LogP contribution is -2.30. The van der Waals surface area contributed by atoms with Crippen molar-refractivity contribution in [2.75, 3.05) is 23.3 Å². The molecule has 0 spiro atoms. The minimum Gasteiger partial charge on any atom is -0.370 e. The van der Waals surface area contributed by atoms with E-state index in [4.69, 9.17) is 0 Å². The lowest BCUT2D eigenvalue weighted by Gasteiger charge is -2.31. The first-order valence-corrected chi connectivity index (χ1v) is 9.85. The highest BCUT2D eigenvalue weighted by Crippen LogP contribution is 2.36. The molecule has 0 bridgehead atoms. The van der Waals surface area contributed by atoms with Crippen LogP contribution in [-0.4, -0.2) is 24.9 Å². The Kier molecular flexibility index (Phi) is 6.64. The van der Waals surface area contributed by atoms with E-state index in [1.54, 1.807) is 24.3 Å². The minimum absolute atomic E-state index is 0.152. The number of hydrogen-bond acceptors (Lipinski definition) is 3. The predicted molar refractivity (Wildman–Crippen MR) is 109 cm³/mol. The van der Waals surface area contributed by atoms with Crippen molar-refractivity contribution in [3.8, 4) is 0 Å². The average Bonchev–Trinajstić information content (AvgIpc) is 2.72. The van der Waals surface area contributed by atoms with Gasteiger partial charge in [-0.05, 0) is 55.2 Å². The highest BCUT2D eigenvalue weighted by atomic mass is 19.4. The van der Waals surface area contributed by atoms with Crippen LogP contribution in [0.15, 0.2) is 42.5 Å². The summed E-state index contributed by atoms with van der Waals surface area (Å²) < 4.78 is 39.7. The number of nitrogens with one attached hydrogen (secondary N) is 2. The SMILES string of the molecule is CC(=O)NCc1ccc(C(=O)Nc2cc(C(F)(F)F)ccc2N2CCCCC2)cc1. The quantitative estimate of drug-likeness (QED) is 0.746. The van der Waals surface area contributed by atoms with E-state index in [0.717, 1.165) is 50.0 Å². The van der Waals surface area contributed by atoms with Crippen LogP contribution in [0.4, 0.5) is 24.5 Å². The standard InChI is InChI=1S/C22H24F3N3O2/c1-15(29)26-14-16-5-7-17(8-6-16)21(30)27-19-13-18(22(23,24)25)9-10-20(19)28-11-3-2-4-12-28/h5-10,13H,2-4,11-12,14H2,1H3,(H,26,29)(H,27,30). The Hall–Kier alpha value is -3.03. The number of piperidine rings is 1. The number of rotatable bonds is 5. The van der Waals surface area contributed by atoms with Gasteiger partial charge in [0.1, 0.15) is 0 Å². The van der Waals surface area contributed by atoms with Crippen LogP contribution in [-0.2, 0) is 17.5 Å². The zero-order valence-corrected chi connectivity index (χ0v) is 16.7. The van der Waals surface area contributed by atoms with Crippen LogP contribution in [0.25, 0.3) is 0 Å². The lowest BCUT2D eigenvalue weighted by molar-refractivity contribution is -0.137. The summed E-state index contributed by atoms with van der Waals surface area (Å²) in [6, 6.07) is 10.0. The fourth-order valence-corrected chi connectivity index (χ4v) is 3.42. The smallest absolute Gasteiger partial charge is 0.370 e. The summed E-state index contributed by atoms with van der Waals surface area (Å²) in [5.41, 5.74) is 1.08. The van der Waals surface area contributed by atoms with Crippen molar-refractivity contribution in [3.05, 3.63) is 59.2 Å². The van der Waals surface area contributed by atoms with Crippen molar-refractivity contribution in [1.82, 2.24) is 5.32 Å². The monoisotopic (exact) mass is 419 g/mol. The van der Waals surface area contributed by atoms with Crippen molar-refractivity contribution >= 4 is 23.2 Å². The largest absolute Gasteiger partial charge is 0.416 e. The number of hydrogen-bond donors (Lipinski definition) is 2. The van der Waals surface area contributed by atoms with Gasteiger partial charge >= 0.3 is 6.18 Å². The zero-order chi connectivity index (χ0) is 21.7. The van der Waals surface area contributed by atoms with E-state index in [-0.39, 0.29) is 11.6 Å². The van der Waals surface area contributed by atoms with E-state index in [1.807, 2.05) is 4.90 Å². The van der Waals surface area contributed by atoms with Crippen LogP contribution < -0.4 is 15.5 Å². The molecule has 0 radical (unpaired) electrons. The van der Waals surface area contributed by atoms with Crippen molar-refractivity contribution in [2.24, 2.45) is 0 Å². The average molecular weight is 419 g/mol. The van der Waals surface area contributed by atoms with E-state index < -0.39 is 17.6 Å². The third kappa shape index (κ3) is 5.52. The predicted octanol–water partition coefficient (Wildman–Crippen LogP) is 4.58. The molecule has 0 aliphatic carbocycles. The summed E-state index contributed by atoms with van der Waals surface area (Å²) >= 11 is 0. The fraction of sp³-hybridized carbons (Fsp3) is 0.364. The second kappa shape index (κ2) is 9.19. The molecule has 2 amide bonds. The highest BCUT2D eigenvalue weighted by molar-refractivity contribution is 6.06. The molecule has 1 heterocycles. The second-order valence-electron chi connectivity index (χ2n) is 7.34. The molecule has 3 rings (SSSR count). The maximum Gasteiger partial charge on any atom is 0.416 e. The van der Waals surface area contributed by atoms with Gasteiger partial charge in [0.05, 0.1) is 16.9 Å². The van der Waals surface area contributed by atoms with Crippen LogP contribution >= 0.6 is 0 Å². The highest BCUT2D eigenvalue weighted by Gasteiger charge is 2.32. The van der Waals surface area contributed by atoms with Crippen molar-refractivity contribution in [3.63, 3.8) is 0 Å². The maximum absolute atomic E-state index is 13.2.